The molecule has 0 aromatic heterocycles. The Hall–Kier alpha value is -1.26. The Bertz CT molecular complexity index is 507. The number of carbonyl (C=O) groups excluding carboxylic acids is 1. The maximum Gasteiger partial charge on any atom is 0.261 e. The minimum Gasteiger partial charge on any atom is -0.479 e. The van der Waals surface area contributed by atoms with Crippen LogP contribution in [0.4, 0.5) is 0 Å². The van der Waals surface area contributed by atoms with Crippen molar-refractivity contribution in [2.24, 2.45) is 0 Å². The van der Waals surface area contributed by atoms with Crippen molar-refractivity contribution in [1.29, 1.82) is 0 Å². The number of aryl methyl sites for hydroxylation is 1. The third kappa shape index (κ3) is 4.35. The van der Waals surface area contributed by atoms with Gasteiger partial charge >= 0.3 is 0 Å². The fourth-order valence-corrected chi connectivity index (χ4v) is 2.65. The molecular weight excluding hydrogens is 288 g/mol. The van der Waals surface area contributed by atoms with Gasteiger partial charge in [-0.25, -0.2) is 0 Å². The van der Waals surface area contributed by atoms with Gasteiger partial charge in [-0.3, -0.25) is 4.79 Å². The van der Waals surface area contributed by atoms with Crippen LogP contribution in [0, 0.1) is 6.92 Å². The normalized spacial score (nSPS) is 23.4. The van der Waals surface area contributed by atoms with Gasteiger partial charge < -0.3 is 15.4 Å². The monoisotopic (exact) mass is 310 g/mol. The first-order valence-electron chi connectivity index (χ1n) is 7.44. The van der Waals surface area contributed by atoms with Gasteiger partial charge in [0.05, 0.1) is 5.02 Å². The zero-order chi connectivity index (χ0) is 15.4. The first kappa shape index (κ1) is 16.1. The molecule has 1 aromatic carbocycles. The quantitative estimate of drug-likeness (QED) is 0.899. The summed E-state index contributed by atoms with van der Waals surface area (Å²) in [5, 5.41) is 6.94. The highest BCUT2D eigenvalue weighted by Gasteiger charge is 2.25. The molecule has 2 N–H and O–H groups in total. The summed E-state index contributed by atoms with van der Waals surface area (Å²) in [4.78, 5) is 12.3. The van der Waals surface area contributed by atoms with Gasteiger partial charge in [-0.15, -0.1) is 0 Å². The molecule has 116 valence electrons. The predicted molar refractivity (Wildman–Crippen MR) is 84.9 cm³/mol. The second kappa shape index (κ2) is 7.14. The van der Waals surface area contributed by atoms with Gasteiger partial charge in [0.25, 0.3) is 5.91 Å². The van der Waals surface area contributed by atoms with Gasteiger partial charge in [-0.05, 0) is 57.9 Å². The molecule has 5 heteroatoms. The molecule has 3 unspecified atom stereocenters. The molecule has 1 aliphatic heterocycles. The van der Waals surface area contributed by atoms with E-state index in [0.29, 0.717) is 10.8 Å². The summed E-state index contributed by atoms with van der Waals surface area (Å²) in [6.45, 7) is 6.81. The molecule has 0 bridgehead atoms. The molecular formula is C16H23ClN2O2. The maximum atomic E-state index is 12.3. The minimum atomic E-state index is -0.571. The van der Waals surface area contributed by atoms with Crippen LogP contribution in [0.25, 0.3) is 0 Å². The van der Waals surface area contributed by atoms with E-state index in [9.17, 15) is 4.79 Å². The summed E-state index contributed by atoms with van der Waals surface area (Å²) in [5.41, 5.74) is 1.05. The number of rotatable bonds is 4. The van der Waals surface area contributed by atoms with Crippen molar-refractivity contribution in [2.75, 3.05) is 6.54 Å². The Morgan fingerprint density at radius 2 is 2.29 bits per heavy atom. The van der Waals surface area contributed by atoms with Crippen LogP contribution in [0.2, 0.25) is 5.02 Å². The van der Waals surface area contributed by atoms with Crippen LogP contribution in [0.1, 0.15) is 32.3 Å². The van der Waals surface area contributed by atoms with Gasteiger partial charge in [-0.1, -0.05) is 17.7 Å². The second-order valence-electron chi connectivity index (χ2n) is 5.69. The number of hydrogen-bond acceptors (Lipinski definition) is 3. The number of benzene rings is 1. The molecule has 1 saturated heterocycles. The highest BCUT2D eigenvalue weighted by atomic mass is 35.5. The molecule has 0 spiro atoms. The van der Waals surface area contributed by atoms with Gasteiger partial charge in [0.15, 0.2) is 6.10 Å². The first-order chi connectivity index (χ1) is 9.97. The third-order valence-electron chi connectivity index (χ3n) is 3.85. The van der Waals surface area contributed by atoms with E-state index in [1.165, 1.54) is 0 Å². The molecule has 2 rings (SSSR count). The van der Waals surface area contributed by atoms with Crippen molar-refractivity contribution in [3.8, 4) is 5.75 Å². The zero-order valence-corrected chi connectivity index (χ0v) is 13.5. The second-order valence-corrected chi connectivity index (χ2v) is 6.10. The molecule has 0 radical (unpaired) electrons. The zero-order valence-electron chi connectivity index (χ0n) is 12.8. The number of amides is 1. The number of nitrogens with one attached hydrogen (secondary N) is 2. The fourth-order valence-electron chi connectivity index (χ4n) is 2.49. The van der Waals surface area contributed by atoms with Crippen molar-refractivity contribution in [2.45, 2.75) is 51.8 Å². The lowest BCUT2D eigenvalue weighted by Gasteiger charge is -2.31. The van der Waals surface area contributed by atoms with E-state index in [0.717, 1.165) is 24.9 Å². The summed E-state index contributed by atoms with van der Waals surface area (Å²) in [6, 6.07) is 5.98. The average Bonchev–Trinajstić information content (AvgIpc) is 2.45. The van der Waals surface area contributed by atoms with Crippen molar-refractivity contribution in [1.82, 2.24) is 10.6 Å². The van der Waals surface area contributed by atoms with Crippen molar-refractivity contribution in [3.63, 3.8) is 0 Å². The van der Waals surface area contributed by atoms with Crippen LogP contribution in [0.15, 0.2) is 18.2 Å². The molecule has 0 saturated carbocycles. The van der Waals surface area contributed by atoms with Crippen molar-refractivity contribution < 1.29 is 9.53 Å². The van der Waals surface area contributed by atoms with E-state index in [-0.39, 0.29) is 18.0 Å². The lowest BCUT2D eigenvalue weighted by atomic mass is 10.00. The molecule has 4 nitrogen and oxygen atoms in total. The lowest BCUT2D eigenvalue weighted by Crippen LogP contribution is -2.54. The van der Waals surface area contributed by atoms with E-state index in [2.05, 4.69) is 17.6 Å². The fraction of sp³-hybridized carbons (Fsp3) is 0.562. The summed E-state index contributed by atoms with van der Waals surface area (Å²) in [7, 11) is 0. The van der Waals surface area contributed by atoms with Crippen LogP contribution in [0.3, 0.4) is 0 Å². The van der Waals surface area contributed by atoms with Crippen LogP contribution in [-0.4, -0.2) is 30.6 Å². The van der Waals surface area contributed by atoms with Gasteiger partial charge in [0.2, 0.25) is 0 Å². The summed E-state index contributed by atoms with van der Waals surface area (Å²) in [6.07, 6.45) is 1.50. The lowest BCUT2D eigenvalue weighted by molar-refractivity contribution is -0.128. The van der Waals surface area contributed by atoms with E-state index in [4.69, 9.17) is 16.3 Å². The summed E-state index contributed by atoms with van der Waals surface area (Å²) < 4.78 is 5.70. The number of piperidine rings is 1. The number of ether oxygens (including phenoxy) is 1. The van der Waals surface area contributed by atoms with Gasteiger partial charge in [-0.2, -0.15) is 0 Å². The molecule has 1 heterocycles. The number of hydrogen-bond donors (Lipinski definition) is 2. The first-order valence-corrected chi connectivity index (χ1v) is 7.81. The van der Waals surface area contributed by atoms with Crippen LogP contribution < -0.4 is 15.4 Å². The Balaban J connectivity index is 1.94. The molecule has 0 aliphatic carbocycles. The third-order valence-corrected chi connectivity index (χ3v) is 4.16. The van der Waals surface area contributed by atoms with E-state index in [1.807, 2.05) is 19.1 Å². The van der Waals surface area contributed by atoms with Crippen molar-refractivity contribution in [3.05, 3.63) is 28.8 Å². The van der Waals surface area contributed by atoms with E-state index < -0.39 is 6.10 Å². The average molecular weight is 311 g/mol. The van der Waals surface area contributed by atoms with E-state index >= 15 is 0 Å². The Morgan fingerprint density at radius 3 is 3.00 bits per heavy atom. The van der Waals surface area contributed by atoms with Crippen LogP contribution >= 0.6 is 11.6 Å². The SMILES string of the molecule is Cc1ccc(Cl)c(OC(C)C(=O)NC2CCCNC2C)c1. The predicted octanol–water partition coefficient (Wildman–Crippen LogP) is 2.67. The number of halogens is 1. The molecule has 1 aromatic rings. The van der Waals surface area contributed by atoms with E-state index in [1.54, 1.807) is 13.0 Å². The molecule has 3 atom stereocenters. The van der Waals surface area contributed by atoms with Gasteiger partial charge in [0.1, 0.15) is 5.75 Å². The Kier molecular flexibility index (Phi) is 5.48. The Labute approximate surface area is 131 Å². The summed E-state index contributed by atoms with van der Waals surface area (Å²) in [5.74, 6) is 0.447. The van der Waals surface area contributed by atoms with Gasteiger partial charge in [0, 0.05) is 12.1 Å². The van der Waals surface area contributed by atoms with Crippen LogP contribution in [0.5, 0.6) is 5.75 Å². The minimum absolute atomic E-state index is 0.104. The largest absolute Gasteiger partial charge is 0.479 e. The topological polar surface area (TPSA) is 50.4 Å². The van der Waals surface area contributed by atoms with Crippen LogP contribution in [-0.2, 0) is 4.79 Å². The summed E-state index contributed by atoms with van der Waals surface area (Å²) >= 11 is 6.09. The highest BCUT2D eigenvalue weighted by Crippen LogP contribution is 2.26. The highest BCUT2D eigenvalue weighted by molar-refractivity contribution is 6.32. The molecule has 1 aliphatic rings. The smallest absolute Gasteiger partial charge is 0.261 e. The molecule has 21 heavy (non-hydrogen) atoms. The molecule has 1 amide bonds. The van der Waals surface area contributed by atoms with Crippen molar-refractivity contribution >= 4 is 17.5 Å². The maximum absolute atomic E-state index is 12.3. The number of carbonyl (C=O) groups is 1. The molecule has 1 fully saturated rings. The standard InChI is InChI=1S/C16H23ClN2O2/c1-10-6-7-13(17)15(9-10)21-12(3)16(20)19-14-5-4-8-18-11(14)2/h6-7,9,11-12,14,18H,4-5,8H2,1-3H3,(H,19,20). The Morgan fingerprint density at radius 1 is 1.52 bits per heavy atom.